The molecule has 2 atom stereocenters. The van der Waals surface area contributed by atoms with Crippen molar-refractivity contribution in [3.8, 4) is 0 Å². The van der Waals surface area contributed by atoms with Gasteiger partial charge in [-0.05, 0) is 25.7 Å². The van der Waals surface area contributed by atoms with Gasteiger partial charge in [0.15, 0.2) is 4.47 Å². The van der Waals surface area contributed by atoms with E-state index in [1.165, 1.54) is 16.2 Å². The van der Waals surface area contributed by atoms with E-state index in [1.54, 1.807) is 6.92 Å². The predicted octanol–water partition coefficient (Wildman–Crippen LogP) is 3.91. The van der Waals surface area contributed by atoms with Gasteiger partial charge in [-0.1, -0.05) is 18.0 Å². The molecule has 1 aromatic heterocycles. The maximum atomic E-state index is 13.5. The minimum absolute atomic E-state index is 0.113. The van der Waals surface area contributed by atoms with Gasteiger partial charge in [0.2, 0.25) is 0 Å². The van der Waals surface area contributed by atoms with Crippen molar-refractivity contribution >= 4 is 28.8 Å². The molecule has 2 heterocycles. The highest BCUT2D eigenvalue weighted by molar-refractivity contribution is 7.15. The van der Waals surface area contributed by atoms with Crippen molar-refractivity contribution in [2.45, 2.75) is 32.4 Å². The van der Waals surface area contributed by atoms with Gasteiger partial charge in [0.25, 0.3) is 5.91 Å². The van der Waals surface area contributed by atoms with Crippen molar-refractivity contribution in [3.05, 3.63) is 15.0 Å². The molecule has 1 aliphatic carbocycles. The topological polar surface area (TPSA) is 33.2 Å². The van der Waals surface area contributed by atoms with E-state index in [0.717, 1.165) is 0 Å². The van der Waals surface area contributed by atoms with Crippen LogP contribution in [0.15, 0.2) is 0 Å². The summed E-state index contributed by atoms with van der Waals surface area (Å²) in [5.41, 5.74) is -1.54. The van der Waals surface area contributed by atoms with Crippen LogP contribution in [0.5, 0.6) is 0 Å². The molecule has 0 N–H and O–H groups in total. The molecular formula is C13H14ClF3N2OS. The largest absolute Gasteiger partial charge is 0.396 e. The molecule has 21 heavy (non-hydrogen) atoms. The van der Waals surface area contributed by atoms with Gasteiger partial charge >= 0.3 is 6.18 Å². The SMILES string of the molecule is Cc1sc(Cl)nc1C(=O)N1C[C@@H]2CCC[C@]2(C(F)(F)F)C1. The Labute approximate surface area is 129 Å². The Hall–Kier alpha value is -0.820. The highest BCUT2D eigenvalue weighted by atomic mass is 35.5. The van der Waals surface area contributed by atoms with Crippen molar-refractivity contribution in [3.63, 3.8) is 0 Å². The standard InChI is InChI=1S/C13H14ClF3N2OS/c1-7-9(18-11(14)21-7)10(20)19-5-8-3-2-4-12(8,6-19)13(15,16)17/h8H,2-6H2,1H3/t8-,12-/m0/s1. The third-order valence-electron chi connectivity index (χ3n) is 4.70. The van der Waals surface area contributed by atoms with Crippen LogP contribution in [0, 0.1) is 18.3 Å². The summed E-state index contributed by atoms with van der Waals surface area (Å²) in [5, 5.41) is 0. The third kappa shape index (κ3) is 2.25. The summed E-state index contributed by atoms with van der Waals surface area (Å²) in [4.78, 5) is 18.3. The molecule has 0 radical (unpaired) electrons. The summed E-state index contributed by atoms with van der Waals surface area (Å²) >= 11 is 6.94. The minimum Gasteiger partial charge on any atom is -0.336 e. The molecule has 0 bridgehead atoms. The molecule has 2 aliphatic rings. The van der Waals surface area contributed by atoms with Crippen LogP contribution >= 0.6 is 22.9 Å². The fraction of sp³-hybridized carbons (Fsp3) is 0.692. The second-order valence-electron chi connectivity index (χ2n) is 5.80. The normalized spacial score (nSPS) is 29.0. The molecule has 8 heteroatoms. The second-order valence-corrected chi connectivity index (χ2v) is 7.59. The lowest BCUT2D eigenvalue weighted by molar-refractivity contribution is -0.226. The Kier molecular flexibility index (Phi) is 3.48. The minimum atomic E-state index is -4.27. The van der Waals surface area contributed by atoms with E-state index in [2.05, 4.69) is 4.98 Å². The molecule has 0 spiro atoms. The molecule has 1 aromatic rings. The monoisotopic (exact) mass is 338 g/mol. The quantitative estimate of drug-likeness (QED) is 0.778. The van der Waals surface area contributed by atoms with E-state index in [-0.39, 0.29) is 29.7 Å². The summed E-state index contributed by atoms with van der Waals surface area (Å²) in [6, 6.07) is 0. The number of carbonyl (C=O) groups is 1. The molecule has 1 amide bonds. The Morgan fingerprint density at radius 1 is 1.52 bits per heavy atom. The summed E-state index contributed by atoms with van der Waals surface area (Å²) in [6.45, 7) is 1.61. The number of thiazole rings is 1. The first-order valence-corrected chi connectivity index (χ1v) is 7.93. The summed E-state index contributed by atoms with van der Waals surface area (Å²) in [6.07, 6.45) is -3.05. The number of nitrogens with zero attached hydrogens (tertiary/aromatic N) is 2. The zero-order valence-electron chi connectivity index (χ0n) is 11.3. The van der Waals surface area contributed by atoms with E-state index in [0.29, 0.717) is 17.7 Å². The van der Waals surface area contributed by atoms with Crippen LogP contribution in [0.25, 0.3) is 0 Å². The van der Waals surface area contributed by atoms with E-state index in [1.807, 2.05) is 0 Å². The number of aromatic nitrogens is 1. The summed E-state index contributed by atoms with van der Waals surface area (Å²) in [7, 11) is 0. The number of hydrogen-bond acceptors (Lipinski definition) is 3. The van der Waals surface area contributed by atoms with Crippen molar-refractivity contribution in [2.24, 2.45) is 11.3 Å². The number of likely N-dealkylation sites (tertiary alicyclic amines) is 1. The number of carbonyl (C=O) groups excluding carboxylic acids is 1. The van der Waals surface area contributed by atoms with Gasteiger partial charge in [0.05, 0.1) is 5.41 Å². The van der Waals surface area contributed by atoms with Crippen LogP contribution in [0.2, 0.25) is 4.47 Å². The van der Waals surface area contributed by atoms with Gasteiger partial charge in [-0.25, -0.2) is 4.98 Å². The van der Waals surface area contributed by atoms with Gasteiger partial charge in [-0.15, -0.1) is 11.3 Å². The van der Waals surface area contributed by atoms with Gasteiger partial charge in [-0.3, -0.25) is 4.79 Å². The number of hydrogen-bond donors (Lipinski definition) is 0. The first kappa shape index (κ1) is 15.1. The van der Waals surface area contributed by atoms with Crippen LogP contribution in [0.3, 0.4) is 0 Å². The lowest BCUT2D eigenvalue weighted by Crippen LogP contribution is -2.42. The van der Waals surface area contributed by atoms with Crippen molar-refractivity contribution in [1.29, 1.82) is 0 Å². The molecular weight excluding hydrogens is 325 g/mol. The van der Waals surface area contributed by atoms with Gasteiger partial charge in [0, 0.05) is 18.0 Å². The highest BCUT2D eigenvalue weighted by Gasteiger charge is 2.65. The van der Waals surface area contributed by atoms with E-state index < -0.39 is 23.4 Å². The van der Waals surface area contributed by atoms with E-state index in [9.17, 15) is 18.0 Å². The zero-order chi connectivity index (χ0) is 15.4. The van der Waals surface area contributed by atoms with E-state index >= 15 is 0 Å². The Bertz CT molecular complexity index is 588. The Balaban J connectivity index is 1.87. The molecule has 1 saturated carbocycles. The molecule has 3 nitrogen and oxygen atoms in total. The first-order chi connectivity index (χ1) is 9.74. The smallest absolute Gasteiger partial charge is 0.336 e. The number of amides is 1. The number of halogens is 4. The van der Waals surface area contributed by atoms with Crippen molar-refractivity contribution in [2.75, 3.05) is 13.1 Å². The number of rotatable bonds is 1. The number of fused-ring (bicyclic) bond motifs is 1. The molecule has 0 unspecified atom stereocenters. The van der Waals surface area contributed by atoms with Crippen LogP contribution < -0.4 is 0 Å². The average Bonchev–Trinajstić information content (AvgIpc) is 2.98. The first-order valence-electron chi connectivity index (χ1n) is 6.73. The van der Waals surface area contributed by atoms with Crippen molar-refractivity contribution in [1.82, 2.24) is 9.88 Å². The second kappa shape index (κ2) is 4.84. The predicted molar refractivity (Wildman–Crippen MR) is 73.6 cm³/mol. The molecule has 1 aliphatic heterocycles. The van der Waals surface area contributed by atoms with Crippen LogP contribution in [-0.2, 0) is 0 Å². The summed E-state index contributed by atoms with van der Waals surface area (Å²) in [5.74, 6) is -0.926. The molecule has 2 fully saturated rings. The average molecular weight is 339 g/mol. The molecule has 116 valence electrons. The van der Waals surface area contributed by atoms with Gasteiger partial charge in [-0.2, -0.15) is 13.2 Å². The van der Waals surface area contributed by atoms with Crippen molar-refractivity contribution < 1.29 is 18.0 Å². The van der Waals surface area contributed by atoms with Gasteiger partial charge < -0.3 is 4.90 Å². The molecule has 1 saturated heterocycles. The van der Waals surface area contributed by atoms with Crippen LogP contribution in [-0.4, -0.2) is 35.1 Å². The maximum Gasteiger partial charge on any atom is 0.396 e. The summed E-state index contributed by atoms with van der Waals surface area (Å²) < 4.78 is 40.6. The third-order valence-corrected chi connectivity index (χ3v) is 5.77. The highest BCUT2D eigenvalue weighted by Crippen LogP contribution is 2.57. The fourth-order valence-corrected chi connectivity index (χ4v) is 4.67. The molecule has 0 aromatic carbocycles. The Morgan fingerprint density at radius 3 is 2.76 bits per heavy atom. The Morgan fingerprint density at radius 2 is 2.24 bits per heavy atom. The van der Waals surface area contributed by atoms with Crippen LogP contribution in [0.4, 0.5) is 13.2 Å². The number of alkyl halides is 3. The van der Waals surface area contributed by atoms with Gasteiger partial charge in [0.1, 0.15) is 5.69 Å². The zero-order valence-corrected chi connectivity index (χ0v) is 12.9. The molecule has 3 rings (SSSR count). The van der Waals surface area contributed by atoms with E-state index in [4.69, 9.17) is 11.6 Å². The fourth-order valence-electron chi connectivity index (χ4n) is 3.62. The lowest BCUT2D eigenvalue weighted by Gasteiger charge is -2.31. The lowest BCUT2D eigenvalue weighted by atomic mass is 9.80. The maximum absolute atomic E-state index is 13.5. The van der Waals surface area contributed by atoms with Crippen LogP contribution in [0.1, 0.15) is 34.6 Å². The number of aryl methyl sites for hydroxylation is 1.